The van der Waals surface area contributed by atoms with Gasteiger partial charge in [-0.05, 0) is 71.7 Å². The van der Waals surface area contributed by atoms with Crippen LogP contribution in [0.2, 0.25) is 0 Å². The summed E-state index contributed by atoms with van der Waals surface area (Å²) in [5, 5.41) is 0. The molecule has 5 nitrogen and oxygen atoms in total. The number of likely N-dealkylation sites (tertiary alicyclic amines) is 1. The van der Waals surface area contributed by atoms with Crippen LogP contribution in [0.5, 0.6) is 0 Å². The van der Waals surface area contributed by atoms with E-state index in [1.165, 1.54) is 37.8 Å². The quantitative estimate of drug-likeness (QED) is 0.724. The average molecular weight is 346 g/mol. The molecule has 0 amide bonds. The summed E-state index contributed by atoms with van der Waals surface area (Å²) >= 11 is 0. The van der Waals surface area contributed by atoms with Crippen molar-refractivity contribution in [3.63, 3.8) is 0 Å². The molecular weight excluding hydrogens is 310 g/mol. The highest BCUT2D eigenvalue weighted by Gasteiger charge is 2.41. The normalized spacial score (nSPS) is 23.8. The van der Waals surface area contributed by atoms with Crippen LogP contribution in [0.4, 0.5) is 5.95 Å². The van der Waals surface area contributed by atoms with Crippen molar-refractivity contribution < 1.29 is 0 Å². The van der Waals surface area contributed by atoms with Gasteiger partial charge in [0, 0.05) is 43.6 Å². The molecule has 0 aliphatic carbocycles. The monoisotopic (exact) mass is 345 g/mol. The van der Waals surface area contributed by atoms with Crippen LogP contribution >= 0.6 is 0 Å². The predicted octanol–water partition coefficient (Wildman–Crippen LogP) is 2.81. The number of rotatable bonds is 8. The third-order valence-corrected chi connectivity index (χ3v) is 5.77. The maximum atomic E-state index is 4.73. The number of fused-ring (bicyclic) bond motifs is 2. The summed E-state index contributed by atoms with van der Waals surface area (Å²) in [6.45, 7) is 11.5. The van der Waals surface area contributed by atoms with Gasteiger partial charge in [-0.15, -0.1) is 0 Å². The Hall–Kier alpha value is -1.20. The van der Waals surface area contributed by atoms with Crippen LogP contribution in [-0.4, -0.2) is 71.1 Å². The molecule has 3 rings (SSSR count). The van der Waals surface area contributed by atoms with Crippen molar-refractivity contribution in [1.29, 1.82) is 0 Å². The lowest BCUT2D eigenvalue weighted by molar-refractivity contribution is 0.176. The first-order chi connectivity index (χ1) is 12.1. The first kappa shape index (κ1) is 18.6. The van der Waals surface area contributed by atoms with Crippen molar-refractivity contribution in [3.8, 4) is 0 Å². The third-order valence-electron chi connectivity index (χ3n) is 5.77. The minimum absolute atomic E-state index is 0.592. The van der Waals surface area contributed by atoms with Gasteiger partial charge < -0.3 is 9.80 Å². The number of anilines is 1. The second-order valence-electron chi connectivity index (χ2n) is 8.14. The van der Waals surface area contributed by atoms with Crippen molar-refractivity contribution in [2.75, 3.05) is 38.1 Å². The fourth-order valence-electron chi connectivity index (χ4n) is 4.34. The lowest BCUT2D eigenvalue weighted by Crippen LogP contribution is -2.56. The maximum absolute atomic E-state index is 4.73. The number of nitrogens with zero attached hydrogens (tertiary/aromatic N) is 5. The fraction of sp³-hybridized carbons (Fsp3) is 0.800. The number of piperazine rings is 1. The summed E-state index contributed by atoms with van der Waals surface area (Å²) in [6, 6.07) is 1.82. The topological polar surface area (TPSA) is 35.5 Å². The van der Waals surface area contributed by atoms with Crippen molar-refractivity contribution in [1.82, 2.24) is 19.8 Å². The van der Waals surface area contributed by atoms with Gasteiger partial charge in [-0.2, -0.15) is 0 Å². The van der Waals surface area contributed by atoms with E-state index in [0.29, 0.717) is 18.1 Å². The average Bonchev–Trinajstić information content (AvgIpc) is 2.85. The molecule has 0 aromatic carbocycles. The van der Waals surface area contributed by atoms with Crippen LogP contribution in [0.1, 0.15) is 52.0 Å². The molecule has 2 bridgehead atoms. The zero-order valence-corrected chi connectivity index (χ0v) is 16.5. The van der Waals surface area contributed by atoms with Crippen LogP contribution < -0.4 is 4.90 Å². The van der Waals surface area contributed by atoms with Crippen molar-refractivity contribution in [3.05, 3.63) is 18.0 Å². The standard InChI is InChI=1S/C20H35N5/c1-5-10-23(4)11-6-7-17-12-21-20(22-13-17)25-18-8-9-19(25)15-24(14-18)16(2)3/h12-13,16,18-19H,5-11,14-15H2,1-4H3. The Kier molecular flexibility index (Phi) is 6.29. The SMILES string of the molecule is CCCN(C)CCCc1cnc(N2C3CCC2CN(C(C)C)C3)nc1. The summed E-state index contributed by atoms with van der Waals surface area (Å²) < 4.78 is 0. The number of hydrogen-bond donors (Lipinski definition) is 0. The molecular formula is C20H35N5. The van der Waals surface area contributed by atoms with E-state index in [0.717, 1.165) is 32.0 Å². The zero-order valence-electron chi connectivity index (χ0n) is 16.5. The van der Waals surface area contributed by atoms with Crippen molar-refractivity contribution in [2.24, 2.45) is 0 Å². The molecule has 1 aromatic heterocycles. The summed E-state index contributed by atoms with van der Waals surface area (Å²) in [5.41, 5.74) is 1.27. The van der Waals surface area contributed by atoms with Crippen molar-refractivity contribution >= 4 is 5.95 Å². The first-order valence-electron chi connectivity index (χ1n) is 10.1. The van der Waals surface area contributed by atoms with Gasteiger partial charge >= 0.3 is 0 Å². The molecule has 2 unspecified atom stereocenters. The molecule has 0 N–H and O–H groups in total. The Labute approximate surface area is 153 Å². The first-order valence-corrected chi connectivity index (χ1v) is 10.1. The summed E-state index contributed by atoms with van der Waals surface area (Å²) in [5.74, 6) is 0.947. The Morgan fingerprint density at radius 2 is 1.76 bits per heavy atom. The Morgan fingerprint density at radius 3 is 2.32 bits per heavy atom. The smallest absolute Gasteiger partial charge is 0.225 e. The predicted molar refractivity (Wildman–Crippen MR) is 104 cm³/mol. The molecule has 25 heavy (non-hydrogen) atoms. The maximum Gasteiger partial charge on any atom is 0.225 e. The highest BCUT2D eigenvalue weighted by atomic mass is 15.4. The minimum Gasteiger partial charge on any atom is -0.332 e. The van der Waals surface area contributed by atoms with Crippen LogP contribution in [0.25, 0.3) is 0 Å². The van der Waals surface area contributed by atoms with E-state index < -0.39 is 0 Å². The largest absolute Gasteiger partial charge is 0.332 e. The molecule has 2 atom stereocenters. The molecule has 2 aliphatic rings. The summed E-state index contributed by atoms with van der Waals surface area (Å²) in [7, 11) is 2.20. The van der Waals surface area contributed by atoms with Gasteiger partial charge in [0.25, 0.3) is 0 Å². The molecule has 0 spiro atoms. The van der Waals surface area contributed by atoms with Crippen molar-refractivity contribution in [2.45, 2.75) is 71.0 Å². The van der Waals surface area contributed by atoms with E-state index in [9.17, 15) is 0 Å². The highest BCUT2D eigenvalue weighted by Crippen LogP contribution is 2.33. The van der Waals surface area contributed by atoms with E-state index in [1.807, 2.05) is 0 Å². The number of aryl methyl sites for hydroxylation is 1. The Bertz CT molecular complexity index is 515. The van der Waals surface area contributed by atoms with Crippen LogP contribution in [0.15, 0.2) is 12.4 Å². The number of aromatic nitrogens is 2. The second kappa shape index (κ2) is 8.45. The lowest BCUT2D eigenvalue weighted by Gasteiger charge is -2.42. The third kappa shape index (κ3) is 4.50. The van der Waals surface area contributed by atoms with E-state index in [-0.39, 0.29) is 0 Å². The van der Waals surface area contributed by atoms with Gasteiger partial charge in [0.1, 0.15) is 0 Å². The van der Waals surface area contributed by atoms with Gasteiger partial charge in [-0.1, -0.05) is 6.92 Å². The molecule has 140 valence electrons. The molecule has 0 radical (unpaired) electrons. The Balaban J connectivity index is 1.54. The second-order valence-corrected chi connectivity index (χ2v) is 8.14. The van der Waals surface area contributed by atoms with Gasteiger partial charge in [-0.25, -0.2) is 9.97 Å². The van der Waals surface area contributed by atoms with Crippen LogP contribution in [-0.2, 0) is 6.42 Å². The molecule has 0 saturated carbocycles. The summed E-state index contributed by atoms with van der Waals surface area (Å²) in [6.07, 6.45) is 10.1. The van der Waals surface area contributed by atoms with E-state index in [2.05, 4.69) is 54.9 Å². The lowest BCUT2D eigenvalue weighted by atomic mass is 10.1. The zero-order chi connectivity index (χ0) is 17.8. The molecule has 5 heteroatoms. The highest BCUT2D eigenvalue weighted by molar-refractivity contribution is 5.37. The van der Waals surface area contributed by atoms with Crippen LogP contribution in [0.3, 0.4) is 0 Å². The molecule has 2 fully saturated rings. The number of hydrogen-bond acceptors (Lipinski definition) is 5. The van der Waals surface area contributed by atoms with Gasteiger partial charge in [0.15, 0.2) is 0 Å². The van der Waals surface area contributed by atoms with E-state index in [4.69, 9.17) is 9.97 Å². The van der Waals surface area contributed by atoms with E-state index >= 15 is 0 Å². The molecule has 2 saturated heterocycles. The molecule has 2 aliphatic heterocycles. The summed E-state index contributed by atoms with van der Waals surface area (Å²) in [4.78, 5) is 17.0. The fourth-order valence-corrected chi connectivity index (χ4v) is 4.34. The Morgan fingerprint density at radius 1 is 1.12 bits per heavy atom. The van der Waals surface area contributed by atoms with E-state index in [1.54, 1.807) is 0 Å². The van der Waals surface area contributed by atoms with Gasteiger partial charge in [0.05, 0.1) is 0 Å². The molecule has 1 aromatic rings. The van der Waals surface area contributed by atoms with Gasteiger partial charge in [-0.3, -0.25) is 4.90 Å². The van der Waals surface area contributed by atoms with Crippen LogP contribution in [0, 0.1) is 0 Å². The van der Waals surface area contributed by atoms with Gasteiger partial charge in [0.2, 0.25) is 5.95 Å². The molecule has 3 heterocycles. The minimum atomic E-state index is 0.592.